The summed E-state index contributed by atoms with van der Waals surface area (Å²) < 4.78 is 38.9. The van der Waals surface area contributed by atoms with Crippen molar-refractivity contribution >= 4 is 44.6 Å². The van der Waals surface area contributed by atoms with Gasteiger partial charge in [0.25, 0.3) is 5.91 Å². The van der Waals surface area contributed by atoms with Gasteiger partial charge in [-0.15, -0.1) is 6.42 Å². The van der Waals surface area contributed by atoms with Crippen molar-refractivity contribution in [1.82, 2.24) is 15.4 Å². The largest absolute Gasteiger partial charge is 0.353 e. The number of nitrogens with one attached hydrogen (secondary N) is 3. The Labute approximate surface area is 196 Å². The fraction of sp³-hybridized carbons (Fsp3) is 0.136. The van der Waals surface area contributed by atoms with E-state index in [4.69, 9.17) is 11.3 Å². The maximum atomic E-state index is 13.5. The molecule has 0 radical (unpaired) electrons. The summed E-state index contributed by atoms with van der Waals surface area (Å²) in [5, 5.41) is 5.91. The number of benzene rings is 1. The van der Waals surface area contributed by atoms with Crippen LogP contribution in [-0.4, -0.2) is 44.7 Å². The molecule has 1 aromatic carbocycles. The number of hydrogen-bond donors (Lipinski definition) is 3. The van der Waals surface area contributed by atoms with E-state index < -0.39 is 21.9 Å². The quantitative estimate of drug-likeness (QED) is 0.253. The lowest BCUT2D eigenvalue weighted by molar-refractivity contribution is 0.0538. The molecule has 0 fully saturated rings. The van der Waals surface area contributed by atoms with Gasteiger partial charge in [0, 0.05) is 24.9 Å². The SMILES string of the molecule is C#Cc1ccc(Nc2cc(Nc3cccc(F)n3)ncc2C(=O)NOC)c(N(C)S(C)(=O)=O)c1. The molecule has 2 aromatic heterocycles. The van der Waals surface area contributed by atoms with Crippen molar-refractivity contribution in [2.24, 2.45) is 0 Å². The van der Waals surface area contributed by atoms with Gasteiger partial charge in [-0.3, -0.25) is 13.9 Å². The van der Waals surface area contributed by atoms with Crippen LogP contribution in [0.2, 0.25) is 0 Å². The molecule has 34 heavy (non-hydrogen) atoms. The summed E-state index contributed by atoms with van der Waals surface area (Å²) in [5.41, 5.74) is 3.62. The Morgan fingerprint density at radius 2 is 1.91 bits per heavy atom. The summed E-state index contributed by atoms with van der Waals surface area (Å²) in [7, 11) is -0.968. The Kier molecular flexibility index (Phi) is 7.30. The predicted octanol–water partition coefficient (Wildman–Crippen LogP) is 2.77. The van der Waals surface area contributed by atoms with Gasteiger partial charge < -0.3 is 10.6 Å². The van der Waals surface area contributed by atoms with Gasteiger partial charge in [-0.05, 0) is 30.3 Å². The van der Waals surface area contributed by atoms with Crippen LogP contribution in [0.1, 0.15) is 15.9 Å². The zero-order chi connectivity index (χ0) is 24.9. The van der Waals surface area contributed by atoms with E-state index in [9.17, 15) is 17.6 Å². The van der Waals surface area contributed by atoms with Crippen molar-refractivity contribution < 1.29 is 22.4 Å². The van der Waals surface area contributed by atoms with Crippen LogP contribution in [0.15, 0.2) is 48.7 Å². The summed E-state index contributed by atoms with van der Waals surface area (Å²) in [4.78, 5) is 25.1. The monoisotopic (exact) mass is 484 g/mol. The first-order valence-electron chi connectivity index (χ1n) is 9.67. The molecule has 1 amide bonds. The fourth-order valence-corrected chi connectivity index (χ4v) is 3.38. The van der Waals surface area contributed by atoms with E-state index in [-0.39, 0.29) is 28.6 Å². The van der Waals surface area contributed by atoms with Crippen LogP contribution in [0.4, 0.5) is 33.1 Å². The predicted molar refractivity (Wildman–Crippen MR) is 127 cm³/mol. The molecule has 0 aliphatic carbocycles. The summed E-state index contributed by atoms with van der Waals surface area (Å²) in [5.74, 6) is 1.62. The molecular weight excluding hydrogens is 463 g/mol. The highest BCUT2D eigenvalue weighted by Gasteiger charge is 2.19. The average Bonchev–Trinajstić information content (AvgIpc) is 2.78. The van der Waals surface area contributed by atoms with Crippen molar-refractivity contribution in [3.05, 3.63) is 65.7 Å². The molecule has 0 aliphatic rings. The number of halogens is 1. The van der Waals surface area contributed by atoms with E-state index >= 15 is 0 Å². The number of pyridine rings is 2. The standard InChI is InChI=1S/C22H21FN6O4S/c1-5-14-9-10-16(18(11-14)29(2)34(4,31)32)25-17-12-21(24-13-15(17)22(30)28-33-3)27-20-8-6-7-19(23)26-20/h1,6-13H,2-4H3,(H,28,30)(H2,24,25,26,27). The molecule has 10 nitrogen and oxygen atoms in total. The van der Waals surface area contributed by atoms with Gasteiger partial charge >= 0.3 is 0 Å². The second-order valence-corrected chi connectivity index (χ2v) is 8.97. The number of nitrogens with zero attached hydrogens (tertiary/aromatic N) is 3. The van der Waals surface area contributed by atoms with E-state index in [1.54, 1.807) is 18.2 Å². The molecule has 12 heteroatoms. The van der Waals surface area contributed by atoms with E-state index in [1.165, 1.54) is 44.6 Å². The molecule has 0 bridgehead atoms. The molecular formula is C22H21FN6O4S. The Hall–Kier alpha value is -4.21. The van der Waals surface area contributed by atoms with Gasteiger partial charge in [0.1, 0.15) is 11.6 Å². The molecule has 176 valence electrons. The minimum atomic E-state index is -3.63. The number of terminal acetylenes is 1. The number of anilines is 5. The number of hydroxylamine groups is 1. The lowest BCUT2D eigenvalue weighted by Gasteiger charge is -2.22. The highest BCUT2D eigenvalue weighted by Crippen LogP contribution is 2.33. The normalized spacial score (nSPS) is 10.8. The second kappa shape index (κ2) is 10.2. The van der Waals surface area contributed by atoms with Gasteiger partial charge in [0.05, 0.1) is 36.0 Å². The first-order valence-corrected chi connectivity index (χ1v) is 11.5. The first-order chi connectivity index (χ1) is 16.1. The summed E-state index contributed by atoms with van der Waals surface area (Å²) >= 11 is 0. The Balaban J connectivity index is 2.08. The maximum absolute atomic E-state index is 13.5. The third kappa shape index (κ3) is 5.77. The Bertz CT molecular complexity index is 1370. The van der Waals surface area contributed by atoms with Crippen molar-refractivity contribution in [1.29, 1.82) is 0 Å². The number of sulfonamides is 1. The van der Waals surface area contributed by atoms with Crippen LogP contribution in [-0.2, 0) is 14.9 Å². The third-order valence-electron chi connectivity index (χ3n) is 4.59. The maximum Gasteiger partial charge on any atom is 0.278 e. The summed E-state index contributed by atoms with van der Waals surface area (Å²) in [6.45, 7) is 0. The van der Waals surface area contributed by atoms with E-state index in [2.05, 4.69) is 32.0 Å². The molecule has 2 heterocycles. The summed E-state index contributed by atoms with van der Waals surface area (Å²) in [6.07, 6.45) is 7.80. The lowest BCUT2D eigenvalue weighted by atomic mass is 10.1. The molecule has 0 unspecified atom stereocenters. The van der Waals surface area contributed by atoms with E-state index in [1.807, 2.05) is 0 Å². The Morgan fingerprint density at radius 1 is 1.15 bits per heavy atom. The molecule has 0 aliphatic heterocycles. The molecule has 3 N–H and O–H groups in total. The third-order valence-corrected chi connectivity index (χ3v) is 5.78. The second-order valence-electron chi connectivity index (χ2n) is 6.95. The highest BCUT2D eigenvalue weighted by atomic mass is 32.2. The smallest absolute Gasteiger partial charge is 0.278 e. The van der Waals surface area contributed by atoms with E-state index in [0.29, 0.717) is 11.3 Å². The molecule has 0 atom stereocenters. The number of carbonyl (C=O) groups is 1. The van der Waals surface area contributed by atoms with Crippen molar-refractivity contribution in [3.63, 3.8) is 0 Å². The number of aromatic nitrogens is 2. The van der Waals surface area contributed by atoms with Crippen LogP contribution < -0.4 is 20.4 Å². The van der Waals surface area contributed by atoms with E-state index in [0.717, 1.165) is 10.6 Å². The number of carbonyl (C=O) groups excluding carboxylic acids is 1. The molecule has 0 saturated heterocycles. The van der Waals surface area contributed by atoms with Gasteiger partial charge in [-0.25, -0.2) is 23.9 Å². The van der Waals surface area contributed by atoms with Crippen LogP contribution in [0.25, 0.3) is 0 Å². The van der Waals surface area contributed by atoms with Crippen molar-refractivity contribution in [3.8, 4) is 12.3 Å². The number of hydrogen-bond acceptors (Lipinski definition) is 8. The van der Waals surface area contributed by atoms with Crippen molar-refractivity contribution in [2.75, 3.05) is 35.4 Å². The Morgan fingerprint density at radius 3 is 2.56 bits per heavy atom. The zero-order valence-electron chi connectivity index (χ0n) is 18.5. The molecule has 3 rings (SSSR count). The molecule has 3 aromatic rings. The molecule has 0 spiro atoms. The highest BCUT2D eigenvalue weighted by molar-refractivity contribution is 7.92. The van der Waals surface area contributed by atoms with Crippen LogP contribution in [0.5, 0.6) is 0 Å². The van der Waals surface area contributed by atoms with Gasteiger partial charge in [-0.2, -0.15) is 4.39 Å². The number of rotatable bonds is 8. The topological polar surface area (TPSA) is 126 Å². The van der Waals surface area contributed by atoms with Crippen LogP contribution in [0, 0.1) is 18.3 Å². The minimum Gasteiger partial charge on any atom is -0.353 e. The van der Waals surface area contributed by atoms with Gasteiger partial charge in [0.2, 0.25) is 16.0 Å². The lowest BCUT2D eigenvalue weighted by Crippen LogP contribution is -2.26. The summed E-state index contributed by atoms with van der Waals surface area (Å²) in [6, 6.07) is 10.4. The van der Waals surface area contributed by atoms with Crippen LogP contribution >= 0.6 is 0 Å². The van der Waals surface area contributed by atoms with Crippen molar-refractivity contribution in [2.45, 2.75) is 0 Å². The first kappa shape index (κ1) is 24.4. The van der Waals surface area contributed by atoms with Gasteiger partial charge in [0.15, 0.2) is 0 Å². The molecule has 0 saturated carbocycles. The average molecular weight is 485 g/mol. The minimum absolute atomic E-state index is 0.0913. The van der Waals surface area contributed by atoms with Crippen LogP contribution in [0.3, 0.4) is 0 Å². The van der Waals surface area contributed by atoms with Gasteiger partial charge in [-0.1, -0.05) is 12.0 Å². The zero-order valence-corrected chi connectivity index (χ0v) is 19.3. The fourth-order valence-electron chi connectivity index (χ4n) is 2.88. The number of amides is 1.